The third-order valence-corrected chi connectivity index (χ3v) is 4.50. The van der Waals surface area contributed by atoms with E-state index in [0.29, 0.717) is 12.8 Å². The molecular formula is C15H15F3N2. The maximum atomic E-state index is 12.9. The van der Waals surface area contributed by atoms with Crippen LogP contribution in [0.15, 0.2) is 30.3 Å². The molecule has 0 radical (unpaired) electrons. The lowest BCUT2D eigenvalue weighted by atomic mass is 9.62. The van der Waals surface area contributed by atoms with Crippen molar-refractivity contribution in [3.8, 4) is 6.07 Å². The summed E-state index contributed by atoms with van der Waals surface area (Å²) in [4.78, 5) is 0. The van der Waals surface area contributed by atoms with Gasteiger partial charge in [-0.1, -0.05) is 30.3 Å². The zero-order valence-electron chi connectivity index (χ0n) is 10.9. The molecule has 0 aromatic heterocycles. The Morgan fingerprint density at radius 3 is 2.20 bits per heavy atom. The van der Waals surface area contributed by atoms with Gasteiger partial charge >= 0.3 is 6.18 Å². The van der Waals surface area contributed by atoms with E-state index < -0.39 is 17.1 Å². The molecule has 0 aliphatic heterocycles. The summed E-state index contributed by atoms with van der Waals surface area (Å²) in [6.07, 6.45) is -2.99. The molecule has 2 aliphatic rings. The molecule has 0 bridgehead atoms. The Morgan fingerprint density at radius 2 is 1.75 bits per heavy atom. The topological polar surface area (TPSA) is 35.8 Å². The van der Waals surface area contributed by atoms with Gasteiger partial charge in [0.25, 0.3) is 0 Å². The number of nitrogens with zero attached hydrogens (tertiary/aromatic N) is 1. The summed E-state index contributed by atoms with van der Waals surface area (Å²) in [5.41, 5.74) is -1.41. The number of nitrogens with one attached hydrogen (secondary N) is 1. The molecule has 0 atom stereocenters. The second-order valence-corrected chi connectivity index (χ2v) is 5.89. The summed E-state index contributed by atoms with van der Waals surface area (Å²) in [7, 11) is 0. The second-order valence-electron chi connectivity index (χ2n) is 5.89. The largest absolute Gasteiger partial charge is 0.406 e. The van der Waals surface area contributed by atoms with Crippen molar-refractivity contribution in [3.05, 3.63) is 35.9 Å². The Bertz CT molecular complexity index is 534. The number of halogens is 3. The van der Waals surface area contributed by atoms with E-state index in [0.717, 1.165) is 5.56 Å². The predicted molar refractivity (Wildman–Crippen MR) is 67.9 cm³/mol. The van der Waals surface area contributed by atoms with Crippen LogP contribution in [0.25, 0.3) is 0 Å². The van der Waals surface area contributed by atoms with Crippen LogP contribution < -0.4 is 5.32 Å². The maximum absolute atomic E-state index is 12.9. The van der Waals surface area contributed by atoms with Gasteiger partial charge < -0.3 is 5.32 Å². The first kappa shape index (κ1) is 13.4. The van der Waals surface area contributed by atoms with Crippen LogP contribution in [0.1, 0.15) is 31.2 Å². The van der Waals surface area contributed by atoms with Gasteiger partial charge in [-0.25, -0.2) is 0 Å². The summed E-state index contributed by atoms with van der Waals surface area (Å²) >= 11 is 0. The molecule has 0 amide bonds. The molecule has 5 heteroatoms. The molecule has 0 unspecified atom stereocenters. The van der Waals surface area contributed by atoms with Gasteiger partial charge in [0.05, 0.1) is 11.5 Å². The minimum absolute atomic E-state index is 0.151. The zero-order valence-corrected chi connectivity index (χ0v) is 10.9. The highest BCUT2D eigenvalue weighted by atomic mass is 19.4. The summed E-state index contributed by atoms with van der Waals surface area (Å²) in [6, 6.07) is 11.4. The minimum atomic E-state index is -4.19. The van der Waals surface area contributed by atoms with Crippen LogP contribution in [0, 0.1) is 11.3 Å². The van der Waals surface area contributed by atoms with Crippen LogP contribution in [-0.2, 0) is 5.41 Å². The Labute approximate surface area is 115 Å². The van der Waals surface area contributed by atoms with Gasteiger partial charge in [0.2, 0.25) is 0 Å². The molecule has 0 saturated heterocycles. The van der Waals surface area contributed by atoms with E-state index in [1.54, 1.807) is 0 Å². The average molecular weight is 280 g/mol. The zero-order chi connectivity index (χ0) is 14.4. The van der Waals surface area contributed by atoms with E-state index in [1.165, 1.54) is 0 Å². The monoisotopic (exact) mass is 280 g/mol. The average Bonchev–Trinajstić information content (AvgIpc) is 3.15. The highest BCUT2D eigenvalue weighted by molar-refractivity contribution is 5.37. The summed E-state index contributed by atoms with van der Waals surface area (Å²) in [5, 5.41) is 12.1. The molecule has 1 aromatic rings. The normalized spacial score (nSPS) is 31.2. The Hall–Kier alpha value is -1.54. The molecule has 106 valence electrons. The smallest absolute Gasteiger partial charge is 0.301 e. The highest BCUT2D eigenvalue weighted by Gasteiger charge is 2.65. The van der Waals surface area contributed by atoms with Crippen molar-refractivity contribution in [3.63, 3.8) is 0 Å². The van der Waals surface area contributed by atoms with Crippen molar-refractivity contribution >= 4 is 0 Å². The van der Waals surface area contributed by atoms with Crippen molar-refractivity contribution < 1.29 is 13.2 Å². The van der Waals surface area contributed by atoms with Crippen molar-refractivity contribution in [2.75, 3.05) is 0 Å². The van der Waals surface area contributed by atoms with Crippen molar-refractivity contribution in [2.45, 2.75) is 48.9 Å². The van der Waals surface area contributed by atoms with E-state index in [2.05, 4.69) is 11.4 Å². The lowest BCUT2D eigenvalue weighted by Crippen LogP contribution is -2.58. The van der Waals surface area contributed by atoms with Gasteiger partial charge in [-0.2, -0.15) is 18.4 Å². The quantitative estimate of drug-likeness (QED) is 0.922. The predicted octanol–water partition coefficient (Wildman–Crippen LogP) is 3.29. The van der Waals surface area contributed by atoms with Gasteiger partial charge in [-0.15, -0.1) is 0 Å². The highest BCUT2D eigenvalue weighted by Crippen LogP contribution is 2.52. The van der Waals surface area contributed by atoms with Crippen LogP contribution in [0.2, 0.25) is 0 Å². The number of alkyl halides is 3. The SMILES string of the molecule is N#CC1(c2ccccc2)CC(NC2(C(F)(F)F)CC2)C1. The minimum Gasteiger partial charge on any atom is -0.301 e. The van der Waals surface area contributed by atoms with Crippen LogP contribution in [0.5, 0.6) is 0 Å². The maximum Gasteiger partial charge on any atom is 0.406 e. The van der Waals surface area contributed by atoms with Crippen molar-refractivity contribution in [1.82, 2.24) is 5.32 Å². The third-order valence-electron chi connectivity index (χ3n) is 4.50. The van der Waals surface area contributed by atoms with E-state index in [-0.39, 0.29) is 18.9 Å². The first-order chi connectivity index (χ1) is 9.41. The third kappa shape index (κ3) is 1.99. The summed E-state index contributed by atoms with van der Waals surface area (Å²) in [5.74, 6) is 0. The summed E-state index contributed by atoms with van der Waals surface area (Å²) < 4.78 is 38.7. The number of rotatable bonds is 3. The van der Waals surface area contributed by atoms with Gasteiger partial charge in [0.1, 0.15) is 5.54 Å². The first-order valence-corrected chi connectivity index (χ1v) is 6.72. The molecule has 1 aromatic carbocycles. The fourth-order valence-electron chi connectivity index (χ4n) is 3.06. The fraction of sp³-hybridized carbons (Fsp3) is 0.533. The van der Waals surface area contributed by atoms with E-state index in [4.69, 9.17) is 0 Å². The van der Waals surface area contributed by atoms with Crippen LogP contribution in [0.4, 0.5) is 13.2 Å². The Kier molecular flexibility index (Phi) is 2.84. The molecular weight excluding hydrogens is 265 g/mol. The van der Waals surface area contributed by atoms with Crippen LogP contribution in [0.3, 0.4) is 0 Å². The summed E-state index contributed by atoms with van der Waals surface area (Å²) in [6.45, 7) is 0. The second kappa shape index (κ2) is 4.23. The van der Waals surface area contributed by atoms with Gasteiger partial charge in [0.15, 0.2) is 0 Å². The number of hydrogen-bond acceptors (Lipinski definition) is 2. The first-order valence-electron chi connectivity index (χ1n) is 6.72. The number of nitriles is 1. The van der Waals surface area contributed by atoms with Crippen LogP contribution >= 0.6 is 0 Å². The molecule has 0 heterocycles. The van der Waals surface area contributed by atoms with E-state index >= 15 is 0 Å². The standard InChI is InChI=1S/C15H15F3N2/c16-15(17,18)14(6-7-14)20-12-8-13(9-12,10-19)11-4-2-1-3-5-11/h1-5,12,20H,6-9H2. The Balaban J connectivity index is 1.68. The van der Waals surface area contributed by atoms with Crippen molar-refractivity contribution in [2.24, 2.45) is 0 Å². The lowest BCUT2D eigenvalue weighted by Gasteiger charge is -2.45. The van der Waals surface area contributed by atoms with Crippen LogP contribution in [-0.4, -0.2) is 17.8 Å². The molecule has 2 saturated carbocycles. The number of hydrogen-bond donors (Lipinski definition) is 1. The van der Waals surface area contributed by atoms with E-state index in [1.807, 2.05) is 30.3 Å². The van der Waals surface area contributed by atoms with Crippen molar-refractivity contribution in [1.29, 1.82) is 5.26 Å². The molecule has 2 aliphatic carbocycles. The molecule has 2 fully saturated rings. The number of benzene rings is 1. The van der Waals surface area contributed by atoms with Gasteiger partial charge in [-0.05, 0) is 31.2 Å². The van der Waals surface area contributed by atoms with E-state index in [9.17, 15) is 18.4 Å². The molecule has 20 heavy (non-hydrogen) atoms. The van der Waals surface area contributed by atoms with Gasteiger partial charge in [0, 0.05) is 6.04 Å². The lowest BCUT2D eigenvalue weighted by molar-refractivity contribution is -0.170. The Morgan fingerprint density at radius 1 is 1.15 bits per heavy atom. The van der Waals surface area contributed by atoms with Gasteiger partial charge in [-0.3, -0.25) is 0 Å². The molecule has 2 nitrogen and oxygen atoms in total. The fourth-order valence-corrected chi connectivity index (χ4v) is 3.06. The molecule has 3 rings (SSSR count). The molecule has 1 N–H and O–H groups in total. The molecule has 0 spiro atoms.